The highest BCUT2D eigenvalue weighted by atomic mass is 16.4. The zero-order valence-electron chi connectivity index (χ0n) is 12.3. The number of aliphatic carboxylic acids is 1. The fourth-order valence-electron chi connectivity index (χ4n) is 3.02. The first-order valence-corrected chi connectivity index (χ1v) is 7.58. The van der Waals surface area contributed by atoms with Crippen LogP contribution in [0.15, 0.2) is 0 Å². The molecule has 2 rings (SSSR count). The number of carbonyl (C=O) groups excluding carboxylic acids is 1. The summed E-state index contributed by atoms with van der Waals surface area (Å²) in [5.74, 6) is -0.0297. The molecule has 2 amide bonds. The summed E-state index contributed by atoms with van der Waals surface area (Å²) >= 11 is 0. The van der Waals surface area contributed by atoms with Gasteiger partial charge in [0.25, 0.3) is 0 Å². The normalized spacial score (nSPS) is 22.1. The van der Waals surface area contributed by atoms with E-state index in [1.807, 2.05) is 14.7 Å². The van der Waals surface area contributed by atoms with Crippen molar-refractivity contribution in [2.24, 2.45) is 5.92 Å². The predicted octanol–water partition coefficient (Wildman–Crippen LogP) is 0.931. The van der Waals surface area contributed by atoms with E-state index >= 15 is 0 Å². The van der Waals surface area contributed by atoms with Gasteiger partial charge >= 0.3 is 12.0 Å². The number of carboxylic acids is 1. The second kappa shape index (κ2) is 6.92. The summed E-state index contributed by atoms with van der Waals surface area (Å²) in [6, 6.07) is 0.134. The first-order valence-electron chi connectivity index (χ1n) is 7.58. The van der Waals surface area contributed by atoms with Crippen LogP contribution < -0.4 is 0 Å². The standard InChI is InChI=1S/C14H25N3O3/c1-2-12-3-5-16(6-4-12)14(20)17-9-7-15(8-10-17)11-13(18)19/h12H,2-11H2,1H3,(H,18,19). The van der Waals surface area contributed by atoms with Crippen LogP contribution in [0.2, 0.25) is 0 Å². The van der Waals surface area contributed by atoms with Crippen molar-refractivity contribution >= 4 is 12.0 Å². The lowest BCUT2D eigenvalue weighted by atomic mass is 9.95. The SMILES string of the molecule is CCC1CCN(C(=O)N2CCN(CC(=O)O)CC2)CC1. The van der Waals surface area contributed by atoms with Crippen LogP contribution in [-0.2, 0) is 4.79 Å². The fourth-order valence-corrected chi connectivity index (χ4v) is 3.02. The Morgan fingerprint density at radius 1 is 1.00 bits per heavy atom. The van der Waals surface area contributed by atoms with Gasteiger partial charge in [-0.05, 0) is 18.8 Å². The number of hydrogen-bond donors (Lipinski definition) is 1. The third kappa shape index (κ3) is 3.85. The molecule has 0 radical (unpaired) electrons. The van der Waals surface area contributed by atoms with Crippen LogP contribution in [-0.4, -0.2) is 77.6 Å². The molecule has 0 aliphatic carbocycles. The number of piperazine rings is 1. The van der Waals surface area contributed by atoms with Crippen LogP contribution in [0.3, 0.4) is 0 Å². The minimum absolute atomic E-state index is 0.0733. The number of carbonyl (C=O) groups is 2. The lowest BCUT2D eigenvalue weighted by Gasteiger charge is -2.39. The summed E-state index contributed by atoms with van der Waals surface area (Å²) in [4.78, 5) is 28.8. The molecule has 6 heteroatoms. The molecule has 2 heterocycles. The number of nitrogens with zero attached hydrogens (tertiary/aromatic N) is 3. The summed E-state index contributed by atoms with van der Waals surface area (Å²) in [6.45, 7) is 6.61. The molecule has 1 N–H and O–H groups in total. The van der Waals surface area contributed by atoms with Crippen molar-refractivity contribution < 1.29 is 14.7 Å². The first kappa shape index (κ1) is 15.1. The quantitative estimate of drug-likeness (QED) is 0.837. The first-order chi connectivity index (χ1) is 9.60. The number of rotatable bonds is 3. The van der Waals surface area contributed by atoms with E-state index in [1.54, 1.807) is 0 Å². The minimum Gasteiger partial charge on any atom is -0.480 e. The lowest BCUT2D eigenvalue weighted by Crippen LogP contribution is -2.54. The molecule has 0 atom stereocenters. The minimum atomic E-state index is -0.800. The van der Waals surface area contributed by atoms with Crippen LogP contribution in [0.4, 0.5) is 4.79 Å². The average Bonchev–Trinajstić information content (AvgIpc) is 2.47. The van der Waals surface area contributed by atoms with Crippen molar-refractivity contribution in [2.75, 3.05) is 45.8 Å². The second-order valence-corrected chi connectivity index (χ2v) is 5.78. The summed E-state index contributed by atoms with van der Waals surface area (Å²) in [5, 5.41) is 8.76. The Kier molecular flexibility index (Phi) is 5.23. The van der Waals surface area contributed by atoms with E-state index in [0.29, 0.717) is 26.2 Å². The third-order valence-electron chi connectivity index (χ3n) is 4.46. The molecule has 20 heavy (non-hydrogen) atoms. The lowest BCUT2D eigenvalue weighted by molar-refractivity contribution is -0.138. The van der Waals surface area contributed by atoms with Gasteiger partial charge in [-0.15, -0.1) is 0 Å². The topological polar surface area (TPSA) is 64.1 Å². The van der Waals surface area contributed by atoms with E-state index in [2.05, 4.69) is 6.92 Å². The van der Waals surface area contributed by atoms with Crippen LogP contribution >= 0.6 is 0 Å². The third-order valence-corrected chi connectivity index (χ3v) is 4.46. The second-order valence-electron chi connectivity index (χ2n) is 5.78. The molecule has 0 unspecified atom stereocenters. The van der Waals surface area contributed by atoms with Gasteiger partial charge in [0.1, 0.15) is 0 Å². The largest absolute Gasteiger partial charge is 0.480 e. The average molecular weight is 283 g/mol. The van der Waals surface area contributed by atoms with E-state index in [-0.39, 0.29) is 12.6 Å². The maximum absolute atomic E-state index is 12.4. The molecule has 2 saturated heterocycles. The number of urea groups is 1. The van der Waals surface area contributed by atoms with Crippen molar-refractivity contribution in [3.8, 4) is 0 Å². The number of hydrogen-bond acceptors (Lipinski definition) is 3. The molecule has 0 aromatic heterocycles. The molecule has 0 saturated carbocycles. The molecule has 2 fully saturated rings. The molecule has 0 spiro atoms. The van der Waals surface area contributed by atoms with E-state index in [4.69, 9.17) is 5.11 Å². The maximum atomic E-state index is 12.4. The van der Waals surface area contributed by atoms with Crippen molar-refractivity contribution in [2.45, 2.75) is 26.2 Å². The van der Waals surface area contributed by atoms with Crippen molar-refractivity contribution in [3.63, 3.8) is 0 Å². The summed E-state index contributed by atoms with van der Waals surface area (Å²) in [7, 11) is 0. The Morgan fingerprint density at radius 2 is 1.55 bits per heavy atom. The Hall–Kier alpha value is -1.30. The Labute approximate surface area is 120 Å². The van der Waals surface area contributed by atoms with Gasteiger partial charge in [-0.1, -0.05) is 13.3 Å². The van der Waals surface area contributed by atoms with Crippen molar-refractivity contribution in [1.29, 1.82) is 0 Å². The fraction of sp³-hybridized carbons (Fsp3) is 0.857. The summed E-state index contributed by atoms with van der Waals surface area (Å²) < 4.78 is 0. The number of piperidine rings is 1. The summed E-state index contributed by atoms with van der Waals surface area (Å²) in [6.07, 6.45) is 3.43. The van der Waals surface area contributed by atoms with Gasteiger partial charge in [0.2, 0.25) is 0 Å². The van der Waals surface area contributed by atoms with Gasteiger partial charge in [0, 0.05) is 39.3 Å². The molecule has 0 aromatic rings. The highest BCUT2D eigenvalue weighted by Crippen LogP contribution is 2.21. The van der Waals surface area contributed by atoms with Crippen LogP contribution in [0.25, 0.3) is 0 Å². The van der Waals surface area contributed by atoms with E-state index in [1.165, 1.54) is 6.42 Å². The molecule has 0 bridgehead atoms. The monoisotopic (exact) mass is 283 g/mol. The van der Waals surface area contributed by atoms with Crippen molar-refractivity contribution in [1.82, 2.24) is 14.7 Å². The van der Waals surface area contributed by atoms with E-state index in [0.717, 1.165) is 31.8 Å². The van der Waals surface area contributed by atoms with E-state index in [9.17, 15) is 9.59 Å². The summed E-state index contributed by atoms with van der Waals surface area (Å²) in [5.41, 5.74) is 0. The number of carboxylic acid groups (broad SMARTS) is 1. The van der Waals surface area contributed by atoms with Crippen LogP contribution in [0, 0.1) is 5.92 Å². The van der Waals surface area contributed by atoms with E-state index < -0.39 is 5.97 Å². The molecule has 0 aromatic carbocycles. The Balaban J connectivity index is 1.76. The Morgan fingerprint density at radius 3 is 2.05 bits per heavy atom. The molecule has 114 valence electrons. The zero-order valence-corrected chi connectivity index (χ0v) is 12.3. The van der Waals surface area contributed by atoms with Gasteiger partial charge < -0.3 is 14.9 Å². The number of amides is 2. The van der Waals surface area contributed by atoms with Crippen LogP contribution in [0.1, 0.15) is 26.2 Å². The van der Waals surface area contributed by atoms with Gasteiger partial charge in [-0.3, -0.25) is 9.69 Å². The smallest absolute Gasteiger partial charge is 0.320 e. The predicted molar refractivity (Wildman–Crippen MR) is 75.6 cm³/mol. The van der Waals surface area contributed by atoms with Crippen molar-refractivity contribution in [3.05, 3.63) is 0 Å². The Bertz CT molecular complexity index is 346. The molecular weight excluding hydrogens is 258 g/mol. The van der Waals surface area contributed by atoms with Gasteiger partial charge in [-0.2, -0.15) is 0 Å². The van der Waals surface area contributed by atoms with Gasteiger partial charge in [0.05, 0.1) is 6.54 Å². The zero-order chi connectivity index (χ0) is 14.5. The molecule has 2 aliphatic rings. The molecular formula is C14H25N3O3. The van der Waals surface area contributed by atoms with Gasteiger partial charge in [-0.25, -0.2) is 4.79 Å². The molecule has 6 nitrogen and oxygen atoms in total. The van der Waals surface area contributed by atoms with Crippen LogP contribution in [0.5, 0.6) is 0 Å². The maximum Gasteiger partial charge on any atom is 0.320 e. The number of likely N-dealkylation sites (tertiary alicyclic amines) is 1. The molecule has 2 aliphatic heterocycles. The van der Waals surface area contributed by atoms with Gasteiger partial charge in [0.15, 0.2) is 0 Å². The highest BCUT2D eigenvalue weighted by Gasteiger charge is 2.28. The highest BCUT2D eigenvalue weighted by molar-refractivity contribution is 5.74.